The first-order valence-corrected chi connectivity index (χ1v) is 6.54. The summed E-state index contributed by atoms with van der Waals surface area (Å²) in [5, 5.41) is 9.46. The summed E-state index contributed by atoms with van der Waals surface area (Å²) in [6.45, 7) is 0. The quantitative estimate of drug-likeness (QED) is 0.403. The summed E-state index contributed by atoms with van der Waals surface area (Å²) in [5.41, 5.74) is 4.61. The lowest BCUT2D eigenvalue weighted by atomic mass is 10.0. The summed E-state index contributed by atoms with van der Waals surface area (Å²) in [7, 11) is 0. The number of hydrogen-bond donors (Lipinski definition) is 2. The number of hydrogen-bond acceptors (Lipinski definition) is 3. The van der Waals surface area contributed by atoms with Crippen LogP contribution in [0, 0.1) is 0 Å². The van der Waals surface area contributed by atoms with Crippen molar-refractivity contribution in [2.24, 2.45) is 0 Å². The van der Waals surface area contributed by atoms with Gasteiger partial charge in [-0.1, -0.05) is 15.9 Å². The zero-order chi connectivity index (χ0) is 11.2. The number of fused-ring (bicyclic) bond motifs is 1. The van der Waals surface area contributed by atoms with Crippen molar-refractivity contribution < 1.29 is 32.8 Å². The number of amides is 1. The van der Waals surface area contributed by atoms with Gasteiger partial charge in [-0.05, 0) is 5.57 Å². The van der Waals surface area contributed by atoms with Crippen molar-refractivity contribution in [1.29, 1.82) is 0 Å². The van der Waals surface area contributed by atoms with Gasteiger partial charge >= 0.3 is 5.97 Å². The van der Waals surface area contributed by atoms with Crippen LogP contribution < -0.4 is 18.1 Å². The first-order valence-electron chi connectivity index (χ1n) is 4.37. The van der Waals surface area contributed by atoms with Crippen molar-refractivity contribution in [3.8, 4) is 0 Å². The molecule has 0 bridgehead atoms. The first-order chi connectivity index (χ1) is 7.07. The van der Waals surface area contributed by atoms with Crippen LogP contribution in [0.1, 0.15) is 0 Å². The van der Waals surface area contributed by atoms with E-state index in [2.05, 4.69) is 21.7 Å². The van der Waals surface area contributed by atoms with Gasteiger partial charge in [-0.2, -0.15) is 0 Å². The fraction of sp³-hybridized carbons (Fsp3) is 0.500. The van der Waals surface area contributed by atoms with Crippen LogP contribution >= 0.6 is 27.7 Å². The van der Waals surface area contributed by atoms with Crippen molar-refractivity contribution in [3.63, 3.8) is 0 Å². The Bertz CT molecular complexity index is 376. The predicted octanol–water partition coefficient (Wildman–Crippen LogP) is -3.75. The molecule has 0 radical (unpaired) electrons. The largest absolute Gasteiger partial charge is 1.00 e. The Morgan fingerprint density at radius 1 is 1.69 bits per heavy atom. The average Bonchev–Trinajstić information content (AvgIpc) is 2.25. The Morgan fingerprint density at radius 2 is 2.31 bits per heavy atom. The van der Waals surface area contributed by atoms with E-state index < -0.39 is 5.97 Å². The molecular formula is C8H10BrClN2O3S. The van der Waals surface area contributed by atoms with Crippen LogP contribution in [-0.4, -0.2) is 44.4 Å². The monoisotopic (exact) mass is 328 g/mol. The maximum absolute atomic E-state index is 11.5. The normalized spacial score (nSPS) is 28.1. The van der Waals surface area contributed by atoms with E-state index in [0.717, 1.165) is 5.57 Å². The number of alkyl halides is 1. The molecule has 2 heterocycles. The van der Waals surface area contributed by atoms with Gasteiger partial charge in [0, 0.05) is 11.1 Å². The summed E-state index contributed by atoms with van der Waals surface area (Å²) in [6.07, 6.45) is 0. The molecule has 0 aromatic rings. The third-order valence-corrected chi connectivity index (χ3v) is 4.59. The van der Waals surface area contributed by atoms with Gasteiger partial charge in [-0.25, -0.2) is 4.79 Å². The zero-order valence-corrected chi connectivity index (χ0v) is 11.3. The summed E-state index contributed by atoms with van der Waals surface area (Å²) in [5.74, 6) is -0.578. The van der Waals surface area contributed by atoms with Crippen LogP contribution in [0.2, 0.25) is 0 Å². The second kappa shape index (κ2) is 4.95. The molecule has 2 aliphatic heterocycles. The SMILES string of the molecule is [Cl-].[NH3+][C@@H]1C(=O)N2C(C(=O)O)=C(CBr)CS[C@H]12. The van der Waals surface area contributed by atoms with E-state index >= 15 is 0 Å². The molecule has 0 spiro atoms. The van der Waals surface area contributed by atoms with Gasteiger partial charge in [0.05, 0.1) is 0 Å². The number of halogens is 2. The highest BCUT2D eigenvalue weighted by molar-refractivity contribution is 9.09. The van der Waals surface area contributed by atoms with Crippen LogP contribution in [0.3, 0.4) is 0 Å². The Balaban J connectivity index is 0.00000128. The van der Waals surface area contributed by atoms with Crippen LogP contribution in [0.5, 0.6) is 0 Å². The summed E-state index contributed by atoms with van der Waals surface area (Å²) in [4.78, 5) is 23.9. The average molecular weight is 330 g/mol. The molecule has 90 valence electrons. The van der Waals surface area contributed by atoms with E-state index in [1.165, 1.54) is 4.90 Å². The van der Waals surface area contributed by atoms with Gasteiger partial charge in [0.1, 0.15) is 11.1 Å². The molecule has 2 rings (SSSR count). The number of nitrogens with zero attached hydrogens (tertiary/aromatic N) is 1. The highest BCUT2D eigenvalue weighted by atomic mass is 79.9. The van der Waals surface area contributed by atoms with Crippen LogP contribution in [0.25, 0.3) is 0 Å². The number of thioether (sulfide) groups is 1. The van der Waals surface area contributed by atoms with E-state index in [4.69, 9.17) is 5.11 Å². The Morgan fingerprint density at radius 3 is 2.81 bits per heavy atom. The summed E-state index contributed by atoms with van der Waals surface area (Å²) in [6, 6.07) is -0.304. The van der Waals surface area contributed by atoms with Gasteiger partial charge in [-0.3, -0.25) is 9.69 Å². The molecule has 16 heavy (non-hydrogen) atoms. The van der Waals surface area contributed by atoms with Crippen molar-refractivity contribution in [1.82, 2.24) is 4.90 Å². The molecule has 2 aliphatic rings. The zero-order valence-electron chi connectivity index (χ0n) is 8.15. The highest BCUT2D eigenvalue weighted by Gasteiger charge is 2.54. The number of carboxylic acid groups (broad SMARTS) is 1. The molecule has 0 aliphatic carbocycles. The van der Waals surface area contributed by atoms with Crippen LogP contribution in [0.4, 0.5) is 0 Å². The number of carbonyl (C=O) groups is 2. The van der Waals surface area contributed by atoms with E-state index in [-0.39, 0.29) is 35.4 Å². The lowest BCUT2D eigenvalue weighted by Gasteiger charge is -2.45. The van der Waals surface area contributed by atoms with Gasteiger partial charge in [0.2, 0.25) is 0 Å². The van der Waals surface area contributed by atoms with Gasteiger partial charge in [-0.15, -0.1) is 11.8 Å². The molecule has 0 saturated carbocycles. The number of carbonyl (C=O) groups excluding carboxylic acids is 1. The van der Waals surface area contributed by atoms with Gasteiger partial charge in [0.15, 0.2) is 6.04 Å². The van der Waals surface area contributed by atoms with Crippen molar-refractivity contribution in [3.05, 3.63) is 11.3 Å². The van der Waals surface area contributed by atoms with Crippen LogP contribution in [-0.2, 0) is 9.59 Å². The van der Waals surface area contributed by atoms with E-state index in [1.807, 2.05) is 0 Å². The predicted molar refractivity (Wildman–Crippen MR) is 58.2 cm³/mol. The summed E-state index contributed by atoms with van der Waals surface area (Å²) < 4.78 is 0. The lowest BCUT2D eigenvalue weighted by molar-refractivity contribution is -0.423. The topological polar surface area (TPSA) is 85.3 Å². The molecule has 1 saturated heterocycles. The number of carboxylic acids is 1. The molecule has 5 nitrogen and oxygen atoms in total. The second-order valence-corrected chi connectivity index (χ2v) is 5.07. The molecule has 0 unspecified atom stereocenters. The fourth-order valence-corrected chi connectivity index (χ4v) is 3.78. The minimum absolute atomic E-state index is 0. The van der Waals surface area contributed by atoms with Gasteiger partial charge in [0.25, 0.3) is 5.91 Å². The molecule has 1 fully saturated rings. The van der Waals surface area contributed by atoms with Crippen molar-refractivity contribution >= 4 is 39.6 Å². The van der Waals surface area contributed by atoms with E-state index in [0.29, 0.717) is 11.1 Å². The molecule has 0 aromatic carbocycles. The molecular weight excluding hydrogens is 320 g/mol. The number of β-lactam (4-membered cyclic amide) rings is 1. The molecule has 1 amide bonds. The third-order valence-electron chi connectivity index (χ3n) is 2.52. The number of aliphatic carboxylic acids is 1. The van der Waals surface area contributed by atoms with Crippen LogP contribution in [0.15, 0.2) is 11.3 Å². The Kier molecular flexibility index (Phi) is 4.28. The maximum atomic E-state index is 11.5. The Labute approximate surface area is 111 Å². The van der Waals surface area contributed by atoms with Gasteiger partial charge < -0.3 is 23.2 Å². The number of rotatable bonds is 2. The second-order valence-electron chi connectivity index (χ2n) is 3.41. The maximum Gasteiger partial charge on any atom is 0.352 e. The molecule has 8 heteroatoms. The van der Waals surface area contributed by atoms with E-state index in [9.17, 15) is 9.59 Å². The van der Waals surface area contributed by atoms with Crippen molar-refractivity contribution in [2.45, 2.75) is 11.4 Å². The highest BCUT2D eigenvalue weighted by Crippen LogP contribution is 2.39. The summed E-state index contributed by atoms with van der Waals surface area (Å²) >= 11 is 4.81. The first kappa shape index (κ1) is 13.8. The molecule has 2 atom stereocenters. The smallest absolute Gasteiger partial charge is 0.352 e. The molecule has 4 N–H and O–H groups in total. The fourth-order valence-electron chi connectivity index (χ4n) is 1.73. The van der Waals surface area contributed by atoms with Crippen molar-refractivity contribution in [2.75, 3.05) is 11.1 Å². The standard InChI is InChI=1S/C8H9BrN2O3S.ClH/c9-1-3-2-15-7-4(10)6(12)11(7)5(3)8(13)14;/h4,7H,1-2,10H2,(H,13,14);1H/t4-,7-;/m1./s1. The minimum atomic E-state index is -1.03. The van der Waals surface area contributed by atoms with E-state index in [1.54, 1.807) is 11.8 Å². The Hall–Kier alpha value is -0.240. The third kappa shape index (κ3) is 1.85. The molecule has 0 aromatic heterocycles. The number of quaternary nitrogens is 1. The lowest BCUT2D eigenvalue weighted by Crippen LogP contribution is -3.00. The minimum Gasteiger partial charge on any atom is -1.00 e.